The van der Waals surface area contributed by atoms with E-state index in [0.717, 1.165) is 5.56 Å². The van der Waals surface area contributed by atoms with Gasteiger partial charge in [-0.1, -0.05) is 28.1 Å². The largest absolute Gasteiger partial charge is 0.433 e. The monoisotopic (exact) mass is 422 g/mol. The minimum Gasteiger partial charge on any atom is -0.399 e. The minimum atomic E-state index is -0.608. The van der Waals surface area contributed by atoms with Gasteiger partial charge in [0.05, 0.1) is 22.1 Å². The molecule has 2 N–H and O–H groups in total. The lowest BCUT2D eigenvalue weighted by Crippen LogP contribution is -2.59. The van der Waals surface area contributed by atoms with E-state index in [-0.39, 0.29) is 22.7 Å². The summed E-state index contributed by atoms with van der Waals surface area (Å²) in [7, 11) is 0. The Morgan fingerprint density at radius 3 is 2.73 bits per heavy atom. The fourth-order valence-electron chi connectivity index (χ4n) is 3.44. The van der Waals surface area contributed by atoms with Crippen molar-refractivity contribution in [1.29, 1.82) is 0 Å². The van der Waals surface area contributed by atoms with E-state index in [0.29, 0.717) is 18.0 Å². The van der Waals surface area contributed by atoms with Crippen molar-refractivity contribution in [2.24, 2.45) is 0 Å². The van der Waals surface area contributed by atoms with Crippen molar-refractivity contribution in [2.45, 2.75) is 23.5 Å². The number of fused-ring (bicyclic) bond motifs is 1. The van der Waals surface area contributed by atoms with Crippen molar-refractivity contribution in [3.8, 4) is 0 Å². The van der Waals surface area contributed by atoms with E-state index in [1.54, 1.807) is 18.2 Å². The first-order valence-electron chi connectivity index (χ1n) is 8.05. The highest BCUT2D eigenvalue weighted by molar-refractivity contribution is 9.09. The molecule has 0 bridgehead atoms. The number of nitrogens with zero attached hydrogens (tertiary/aromatic N) is 2. The van der Waals surface area contributed by atoms with Crippen molar-refractivity contribution < 1.29 is 13.7 Å². The summed E-state index contributed by atoms with van der Waals surface area (Å²) in [6, 6.07) is 9.22. The molecular formula is C17H16BrFN4O3. The second-order valence-corrected chi connectivity index (χ2v) is 7.62. The van der Waals surface area contributed by atoms with Crippen molar-refractivity contribution >= 4 is 27.5 Å². The smallest absolute Gasteiger partial charge is 0.399 e. The van der Waals surface area contributed by atoms with Crippen LogP contribution in [0.3, 0.4) is 0 Å². The number of hydrogen-bond acceptors (Lipinski definition) is 6. The number of alkyl halides is 1. The van der Waals surface area contributed by atoms with Crippen LogP contribution in [0.4, 0.5) is 10.3 Å². The normalized spacial score (nSPS) is 28.3. The van der Waals surface area contributed by atoms with Gasteiger partial charge in [0.2, 0.25) is 0 Å². The van der Waals surface area contributed by atoms with Crippen molar-refractivity contribution in [1.82, 2.24) is 15.8 Å². The van der Waals surface area contributed by atoms with Crippen LogP contribution < -0.4 is 10.7 Å². The first kappa shape index (κ1) is 17.2. The van der Waals surface area contributed by atoms with Crippen LogP contribution in [0.2, 0.25) is 0 Å². The van der Waals surface area contributed by atoms with Crippen LogP contribution in [0, 0.1) is 15.9 Å². The Morgan fingerprint density at radius 2 is 2.08 bits per heavy atom. The van der Waals surface area contributed by atoms with Crippen LogP contribution in [0.25, 0.3) is 5.70 Å². The van der Waals surface area contributed by atoms with Gasteiger partial charge in [-0.3, -0.25) is 15.5 Å². The van der Waals surface area contributed by atoms with E-state index >= 15 is 0 Å². The zero-order valence-corrected chi connectivity index (χ0v) is 15.4. The van der Waals surface area contributed by atoms with E-state index < -0.39 is 10.5 Å². The summed E-state index contributed by atoms with van der Waals surface area (Å²) < 4.78 is 18.8. The molecule has 9 heteroatoms. The summed E-state index contributed by atoms with van der Waals surface area (Å²) in [5.74, 6) is -0.230. The summed E-state index contributed by atoms with van der Waals surface area (Å²) >= 11 is 3.65. The predicted octanol–water partition coefficient (Wildman–Crippen LogP) is 3.10. The minimum absolute atomic E-state index is 0.107. The van der Waals surface area contributed by atoms with Gasteiger partial charge in [0, 0.05) is 6.54 Å². The molecule has 4 rings (SSSR count). The zero-order chi connectivity index (χ0) is 18.5. The first-order chi connectivity index (χ1) is 12.4. The Balaban J connectivity index is 1.81. The molecule has 0 radical (unpaired) electrons. The van der Waals surface area contributed by atoms with Gasteiger partial charge in [-0.05, 0) is 36.8 Å². The Kier molecular flexibility index (Phi) is 4.09. The third-order valence-electron chi connectivity index (χ3n) is 4.77. The number of hydrazine groups is 1. The molecule has 0 spiro atoms. The summed E-state index contributed by atoms with van der Waals surface area (Å²) in [6.45, 7) is 2.71. The number of nitrogens with one attached hydrogen (secondary N) is 2. The highest BCUT2D eigenvalue weighted by Crippen LogP contribution is 2.40. The zero-order valence-electron chi connectivity index (χ0n) is 13.8. The molecule has 2 aliphatic rings. The number of nitro groups is 1. The second kappa shape index (κ2) is 6.19. The standard InChI is InChI=1S/C17H16BrFN4O3/c1-17(10-2-4-11(19)5-3-10)8-13(14-6-7-15(26-14)23(24)25)21-16-12(18)9-20-22(16)17/h2-8,12,16,20-21H,9H2,1H3. The van der Waals surface area contributed by atoms with Crippen LogP contribution in [0.15, 0.2) is 46.9 Å². The van der Waals surface area contributed by atoms with Gasteiger partial charge in [-0.15, -0.1) is 0 Å². The fourth-order valence-corrected chi connectivity index (χ4v) is 3.95. The maximum atomic E-state index is 13.4. The van der Waals surface area contributed by atoms with E-state index in [1.807, 2.05) is 13.0 Å². The third-order valence-corrected chi connectivity index (χ3v) is 5.60. The molecule has 1 fully saturated rings. The Bertz CT molecular complexity index is 884. The molecule has 7 nitrogen and oxygen atoms in total. The summed E-state index contributed by atoms with van der Waals surface area (Å²) in [5, 5.41) is 16.3. The SMILES string of the molecule is CC1(c2ccc(F)cc2)C=C(c2ccc([N+](=O)[O-])o2)NC2C(Br)CNN21. The van der Waals surface area contributed by atoms with Crippen LogP contribution in [0.5, 0.6) is 0 Å². The maximum absolute atomic E-state index is 13.4. The van der Waals surface area contributed by atoms with Gasteiger partial charge in [0.15, 0.2) is 5.76 Å². The van der Waals surface area contributed by atoms with Crippen LogP contribution in [-0.4, -0.2) is 27.5 Å². The molecule has 3 unspecified atom stereocenters. The van der Waals surface area contributed by atoms with Gasteiger partial charge in [-0.2, -0.15) is 0 Å². The van der Waals surface area contributed by atoms with Gasteiger partial charge >= 0.3 is 5.88 Å². The molecule has 136 valence electrons. The average Bonchev–Trinajstić information content (AvgIpc) is 3.23. The summed E-state index contributed by atoms with van der Waals surface area (Å²) in [6.07, 6.45) is 1.81. The van der Waals surface area contributed by atoms with E-state index in [4.69, 9.17) is 4.42 Å². The number of halogens is 2. The van der Waals surface area contributed by atoms with Gasteiger partial charge in [0.1, 0.15) is 16.9 Å². The second-order valence-electron chi connectivity index (χ2n) is 6.44. The van der Waals surface area contributed by atoms with E-state index in [2.05, 4.69) is 31.7 Å². The molecule has 1 aromatic heterocycles. The number of hydrogen-bond donors (Lipinski definition) is 2. The van der Waals surface area contributed by atoms with Crippen molar-refractivity contribution in [2.75, 3.05) is 6.54 Å². The van der Waals surface area contributed by atoms with Gasteiger partial charge < -0.3 is 9.73 Å². The molecule has 0 amide bonds. The average molecular weight is 423 g/mol. The number of benzene rings is 1. The molecular weight excluding hydrogens is 407 g/mol. The Morgan fingerprint density at radius 1 is 1.35 bits per heavy atom. The Labute approximate surface area is 157 Å². The Hall–Kier alpha value is -2.23. The highest BCUT2D eigenvalue weighted by atomic mass is 79.9. The molecule has 3 heterocycles. The van der Waals surface area contributed by atoms with Gasteiger partial charge in [-0.25, -0.2) is 9.40 Å². The highest BCUT2D eigenvalue weighted by Gasteiger charge is 2.47. The van der Waals surface area contributed by atoms with Gasteiger partial charge in [0.25, 0.3) is 0 Å². The van der Waals surface area contributed by atoms with E-state index in [9.17, 15) is 14.5 Å². The lowest BCUT2D eigenvalue weighted by atomic mass is 9.87. The molecule has 26 heavy (non-hydrogen) atoms. The summed E-state index contributed by atoms with van der Waals surface area (Å²) in [5.41, 5.74) is 4.29. The lowest BCUT2D eigenvalue weighted by Gasteiger charge is -2.45. The molecule has 0 aliphatic carbocycles. The predicted molar refractivity (Wildman–Crippen MR) is 96.6 cm³/mol. The van der Waals surface area contributed by atoms with Crippen molar-refractivity contribution in [3.05, 3.63) is 69.7 Å². The molecule has 3 atom stereocenters. The first-order valence-corrected chi connectivity index (χ1v) is 8.97. The molecule has 1 saturated heterocycles. The quantitative estimate of drug-likeness (QED) is 0.449. The summed E-state index contributed by atoms with van der Waals surface area (Å²) in [4.78, 5) is 10.5. The topological polar surface area (TPSA) is 83.6 Å². The molecule has 2 aromatic rings. The van der Waals surface area contributed by atoms with Crippen LogP contribution in [0.1, 0.15) is 18.2 Å². The fraction of sp³-hybridized carbons (Fsp3) is 0.294. The van der Waals surface area contributed by atoms with E-state index in [1.165, 1.54) is 18.2 Å². The van der Waals surface area contributed by atoms with Crippen LogP contribution in [-0.2, 0) is 5.54 Å². The molecule has 2 aliphatic heterocycles. The number of rotatable bonds is 3. The maximum Gasteiger partial charge on any atom is 0.433 e. The van der Waals surface area contributed by atoms with Crippen molar-refractivity contribution in [3.63, 3.8) is 0 Å². The molecule has 1 aromatic carbocycles. The lowest BCUT2D eigenvalue weighted by molar-refractivity contribution is -0.402. The third kappa shape index (κ3) is 2.72. The number of furan rings is 1. The van der Waals surface area contributed by atoms with Crippen LogP contribution >= 0.6 is 15.9 Å². The molecule has 0 saturated carbocycles.